The zero-order chi connectivity index (χ0) is 22.9. The number of hydrogen-bond donors (Lipinski definition) is 1. The van der Waals surface area contributed by atoms with Crippen LogP contribution in [0.5, 0.6) is 0 Å². The van der Waals surface area contributed by atoms with Gasteiger partial charge in [-0.05, 0) is 25.3 Å². The summed E-state index contributed by atoms with van der Waals surface area (Å²) in [5, 5.41) is 13.0. The maximum Gasteiger partial charge on any atom is 0.278 e. The Hall–Kier alpha value is -3.48. The lowest BCUT2D eigenvalue weighted by molar-refractivity contribution is 0.498. The molecule has 8 nitrogen and oxygen atoms in total. The van der Waals surface area contributed by atoms with Gasteiger partial charge in [-0.25, -0.2) is 9.97 Å². The number of nitriles is 1. The van der Waals surface area contributed by atoms with E-state index in [2.05, 4.69) is 20.9 Å². The maximum absolute atomic E-state index is 13.7. The Morgan fingerprint density at radius 2 is 2.09 bits per heavy atom. The minimum absolute atomic E-state index is 0.0333. The first kappa shape index (κ1) is 21.4. The van der Waals surface area contributed by atoms with Crippen LogP contribution < -0.4 is 16.2 Å². The van der Waals surface area contributed by atoms with Gasteiger partial charge in [-0.1, -0.05) is 30.3 Å². The first-order chi connectivity index (χ1) is 16.0. The van der Waals surface area contributed by atoms with E-state index in [0.717, 1.165) is 41.5 Å². The molecule has 3 aromatic heterocycles. The van der Waals surface area contributed by atoms with E-state index < -0.39 is 0 Å². The average molecular weight is 460 g/mol. The van der Waals surface area contributed by atoms with Gasteiger partial charge in [0.05, 0.1) is 23.6 Å². The molecule has 1 aromatic carbocycles. The number of hydrogen-bond acceptors (Lipinski definition) is 7. The number of benzene rings is 1. The van der Waals surface area contributed by atoms with Gasteiger partial charge in [0.15, 0.2) is 0 Å². The quantitative estimate of drug-likeness (QED) is 0.492. The van der Waals surface area contributed by atoms with Crippen molar-refractivity contribution in [3.8, 4) is 6.07 Å². The molecule has 0 radical (unpaired) electrons. The van der Waals surface area contributed by atoms with Crippen molar-refractivity contribution in [1.82, 2.24) is 19.1 Å². The molecule has 4 heterocycles. The molecular weight excluding hydrogens is 434 g/mol. The highest BCUT2D eigenvalue weighted by molar-refractivity contribution is 7.09. The Bertz CT molecular complexity index is 1400. The number of thiazole rings is 1. The molecule has 1 aliphatic rings. The number of anilines is 1. The third kappa shape index (κ3) is 4.03. The van der Waals surface area contributed by atoms with E-state index in [1.807, 2.05) is 47.2 Å². The minimum atomic E-state index is -0.175. The van der Waals surface area contributed by atoms with Gasteiger partial charge < -0.3 is 15.2 Å². The van der Waals surface area contributed by atoms with Gasteiger partial charge in [-0.2, -0.15) is 5.26 Å². The Labute approximate surface area is 195 Å². The van der Waals surface area contributed by atoms with Gasteiger partial charge in [0.25, 0.3) is 5.56 Å². The SMILES string of the molecule is Cc1nc(Cn2cnc3c(C#N)c(N4CCC[C@H](N)C4)n(Cc4ccccc4)c3c2=O)cs1. The highest BCUT2D eigenvalue weighted by atomic mass is 32.1. The van der Waals surface area contributed by atoms with Gasteiger partial charge in [0.1, 0.15) is 28.5 Å². The summed E-state index contributed by atoms with van der Waals surface area (Å²) in [5.74, 6) is 0.735. The molecule has 168 valence electrons. The van der Waals surface area contributed by atoms with Crippen LogP contribution in [0.4, 0.5) is 5.82 Å². The van der Waals surface area contributed by atoms with E-state index in [-0.39, 0.29) is 11.6 Å². The molecule has 0 amide bonds. The lowest BCUT2D eigenvalue weighted by Gasteiger charge is -2.33. The van der Waals surface area contributed by atoms with Crippen LogP contribution in [0.1, 0.15) is 34.7 Å². The summed E-state index contributed by atoms with van der Waals surface area (Å²) in [5.41, 5.74) is 9.29. The zero-order valence-electron chi connectivity index (χ0n) is 18.4. The van der Waals surface area contributed by atoms with Crippen LogP contribution in [0.25, 0.3) is 11.0 Å². The molecule has 2 N–H and O–H groups in total. The second-order valence-electron chi connectivity index (χ2n) is 8.46. The van der Waals surface area contributed by atoms with Crippen LogP contribution in [0.15, 0.2) is 46.8 Å². The first-order valence-electron chi connectivity index (χ1n) is 11.0. The summed E-state index contributed by atoms with van der Waals surface area (Å²) >= 11 is 1.55. The molecule has 5 rings (SSSR count). The van der Waals surface area contributed by atoms with Crippen LogP contribution in [-0.2, 0) is 13.1 Å². The molecule has 1 saturated heterocycles. The highest BCUT2D eigenvalue weighted by Gasteiger charge is 2.28. The zero-order valence-corrected chi connectivity index (χ0v) is 19.3. The van der Waals surface area contributed by atoms with Gasteiger partial charge in [-0.3, -0.25) is 9.36 Å². The average Bonchev–Trinajstić information content (AvgIpc) is 3.37. The first-order valence-corrected chi connectivity index (χ1v) is 11.9. The summed E-state index contributed by atoms with van der Waals surface area (Å²) in [6.45, 7) is 4.19. The molecular formula is C24H25N7OS. The van der Waals surface area contributed by atoms with Gasteiger partial charge in [0, 0.05) is 31.1 Å². The smallest absolute Gasteiger partial charge is 0.278 e. The Kier molecular flexibility index (Phi) is 5.70. The third-order valence-corrected chi connectivity index (χ3v) is 6.87. The number of nitrogens with zero attached hydrogens (tertiary/aromatic N) is 6. The number of aromatic nitrogens is 4. The monoisotopic (exact) mass is 459 g/mol. The van der Waals surface area contributed by atoms with Crippen molar-refractivity contribution >= 4 is 28.2 Å². The summed E-state index contributed by atoms with van der Waals surface area (Å²) < 4.78 is 3.53. The fourth-order valence-electron chi connectivity index (χ4n) is 4.57. The predicted octanol–water partition coefficient (Wildman–Crippen LogP) is 2.86. The molecule has 1 atom stereocenters. The molecule has 33 heavy (non-hydrogen) atoms. The second-order valence-corrected chi connectivity index (χ2v) is 9.53. The fraction of sp³-hybridized carbons (Fsp3) is 0.333. The topological polar surface area (TPSA) is 106 Å². The molecule has 0 unspecified atom stereocenters. The van der Waals surface area contributed by atoms with Crippen molar-refractivity contribution in [3.05, 3.63) is 74.2 Å². The summed E-state index contributed by atoms with van der Waals surface area (Å²) in [6, 6.07) is 12.3. The third-order valence-electron chi connectivity index (χ3n) is 6.05. The number of aryl methyl sites for hydroxylation is 1. The lowest BCUT2D eigenvalue weighted by atomic mass is 10.1. The van der Waals surface area contributed by atoms with Gasteiger partial charge in [0.2, 0.25) is 0 Å². The standard InChI is InChI=1S/C24H25N7OS/c1-16-28-19(14-33-16)13-30-15-27-21-20(10-25)23(29-9-5-8-18(26)12-29)31(22(21)24(30)32)11-17-6-3-2-4-7-17/h2-4,6-7,14-15,18H,5,8-9,11-13,26H2,1H3/t18-/m0/s1. The number of piperidine rings is 1. The molecule has 4 aromatic rings. The molecule has 0 bridgehead atoms. The summed E-state index contributed by atoms with van der Waals surface area (Å²) in [7, 11) is 0. The Balaban J connectivity index is 1.71. The molecule has 1 fully saturated rings. The van der Waals surface area contributed by atoms with Crippen molar-refractivity contribution in [3.63, 3.8) is 0 Å². The van der Waals surface area contributed by atoms with E-state index in [4.69, 9.17) is 5.73 Å². The van der Waals surface area contributed by atoms with Crippen molar-refractivity contribution < 1.29 is 0 Å². The summed E-state index contributed by atoms with van der Waals surface area (Å²) in [6.07, 6.45) is 3.42. The Morgan fingerprint density at radius 3 is 2.79 bits per heavy atom. The van der Waals surface area contributed by atoms with E-state index >= 15 is 0 Å². The highest BCUT2D eigenvalue weighted by Crippen LogP contribution is 2.32. The van der Waals surface area contributed by atoms with Crippen LogP contribution in [0.2, 0.25) is 0 Å². The van der Waals surface area contributed by atoms with Gasteiger partial charge in [-0.15, -0.1) is 11.3 Å². The molecule has 9 heteroatoms. The molecule has 1 aliphatic heterocycles. The van der Waals surface area contributed by atoms with Crippen LogP contribution in [0, 0.1) is 18.3 Å². The maximum atomic E-state index is 13.7. The second kappa shape index (κ2) is 8.81. The molecule has 0 saturated carbocycles. The van der Waals surface area contributed by atoms with Crippen LogP contribution >= 0.6 is 11.3 Å². The molecule has 0 spiro atoms. The number of rotatable bonds is 5. The van der Waals surface area contributed by atoms with Crippen LogP contribution in [0.3, 0.4) is 0 Å². The van der Waals surface area contributed by atoms with Crippen molar-refractivity contribution in [2.75, 3.05) is 18.0 Å². The van der Waals surface area contributed by atoms with Crippen molar-refractivity contribution in [2.45, 2.75) is 38.9 Å². The van der Waals surface area contributed by atoms with E-state index in [0.29, 0.717) is 36.2 Å². The normalized spacial score (nSPS) is 16.3. The molecule has 0 aliphatic carbocycles. The largest absolute Gasteiger partial charge is 0.355 e. The fourth-order valence-corrected chi connectivity index (χ4v) is 5.18. The van der Waals surface area contributed by atoms with E-state index in [1.54, 1.807) is 15.9 Å². The lowest BCUT2D eigenvalue weighted by Crippen LogP contribution is -2.44. The number of fused-ring (bicyclic) bond motifs is 1. The van der Waals surface area contributed by atoms with Gasteiger partial charge >= 0.3 is 0 Å². The van der Waals surface area contributed by atoms with Crippen LogP contribution in [-0.4, -0.2) is 38.2 Å². The summed E-state index contributed by atoms with van der Waals surface area (Å²) in [4.78, 5) is 24.9. The van der Waals surface area contributed by atoms with Crippen molar-refractivity contribution in [2.24, 2.45) is 5.73 Å². The predicted molar refractivity (Wildman–Crippen MR) is 130 cm³/mol. The van der Waals surface area contributed by atoms with E-state index in [9.17, 15) is 10.1 Å². The van der Waals surface area contributed by atoms with Crippen molar-refractivity contribution in [1.29, 1.82) is 5.26 Å². The number of nitrogens with two attached hydrogens (primary N) is 1. The Morgan fingerprint density at radius 1 is 1.27 bits per heavy atom. The minimum Gasteiger partial charge on any atom is -0.355 e. The van der Waals surface area contributed by atoms with E-state index in [1.165, 1.54) is 6.33 Å².